The first-order chi connectivity index (χ1) is 14.1. The molecule has 0 aromatic heterocycles. The number of ether oxygens (including phenoxy) is 1. The van der Waals surface area contributed by atoms with Gasteiger partial charge in [-0.3, -0.25) is 15.0 Å². The third kappa shape index (κ3) is 5.07. The van der Waals surface area contributed by atoms with Crippen LogP contribution < -0.4 is 20.5 Å². The third-order valence-corrected chi connectivity index (χ3v) is 4.12. The van der Waals surface area contributed by atoms with E-state index in [1.54, 1.807) is 43.3 Å². The number of anilines is 2. The number of hydrazine groups is 1. The van der Waals surface area contributed by atoms with E-state index in [9.17, 15) is 22.8 Å². The molecular formula is C20H19F3N4O3. The van der Waals surface area contributed by atoms with Gasteiger partial charge < -0.3 is 10.1 Å². The van der Waals surface area contributed by atoms with Crippen molar-refractivity contribution in [3.05, 3.63) is 54.1 Å². The summed E-state index contributed by atoms with van der Waals surface area (Å²) in [4.78, 5) is 29.2. The normalized spacial score (nSPS) is 16.6. The second-order valence-corrected chi connectivity index (χ2v) is 6.63. The first-order valence-electron chi connectivity index (χ1n) is 8.99. The predicted octanol–water partition coefficient (Wildman–Crippen LogP) is 3.21. The van der Waals surface area contributed by atoms with Crippen LogP contribution in [0.25, 0.3) is 0 Å². The van der Waals surface area contributed by atoms with Crippen molar-refractivity contribution >= 4 is 29.0 Å². The van der Waals surface area contributed by atoms with Crippen LogP contribution in [-0.2, 0) is 9.59 Å². The minimum absolute atomic E-state index is 0.0511. The highest BCUT2D eigenvalue weighted by Crippen LogP contribution is 2.28. The van der Waals surface area contributed by atoms with E-state index >= 15 is 0 Å². The van der Waals surface area contributed by atoms with Crippen molar-refractivity contribution in [1.82, 2.24) is 5.43 Å². The molecule has 2 aromatic carbocycles. The number of nitrogens with one attached hydrogen (secondary N) is 2. The van der Waals surface area contributed by atoms with Gasteiger partial charge in [0.2, 0.25) is 5.84 Å². The van der Waals surface area contributed by atoms with Gasteiger partial charge in [0.25, 0.3) is 11.8 Å². The monoisotopic (exact) mass is 420 g/mol. The number of benzene rings is 2. The van der Waals surface area contributed by atoms with E-state index in [0.717, 1.165) is 0 Å². The molecule has 10 heteroatoms. The molecule has 0 spiro atoms. The van der Waals surface area contributed by atoms with E-state index in [1.165, 1.54) is 24.1 Å². The number of alkyl halides is 3. The second-order valence-electron chi connectivity index (χ2n) is 6.63. The Bertz CT molecular complexity index is 977. The summed E-state index contributed by atoms with van der Waals surface area (Å²) >= 11 is 0. The van der Waals surface area contributed by atoms with E-state index in [-0.39, 0.29) is 23.2 Å². The van der Waals surface area contributed by atoms with Crippen molar-refractivity contribution < 1.29 is 27.5 Å². The molecule has 3 rings (SSSR count). The molecule has 2 N–H and O–H groups in total. The molecular weight excluding hydrogens is 401 g/mol. The summed E-state index contributed by atoms with van der Waals surface area (Å²) in [6.45, 7) is 1.73. The molecule has 7 nitrogen and oxygen atoms in total. The molecule has 1 heterocycles. The highest BCUT2D eigenvalue weighted by atomic mass is 19.4. The van der Waals surface area contributed by atoms with Gasteiger partial charge >= 0.3 is 6.18 Å². The van der Waals surface area contributed by atoms with Crippen molar-refractivity contribution in [3.8, 4) is 5.75 Å². The first-order valence-corrected chi connectivity index (χ1v) is 8.99. The summed E-state index contributed by atoms with van der Waals surface area (Å²) in [5, 5.41) is 3.69. The van der Waals surface area contributed by atoms with Crippen LogP contribution in [0.4, 0.5) is 24.5 Å². The molecule has 2 amide bonds. The molecule has 1 unspecified atom stereocenters. The van der Waals surface area contributed by atoms with Gasteiger partial charge in [-0.2, -0.15) is 13.2 Å². The van der Waals surface area contributed by atoms with Crippen LogP contribution in [0.1, 0.15) is 12.5 Å². The number of para-hydroxylation sites is 1. The predicted molar refractivity (Wildman–Crippen MR) is 105 cm³/mol. The summed E-state index contributed by atoms with van der Waals surface area (Å²) in [6, 6.07) is 12.2. The summed E-state index contributed by atoms with van der Waals surface area (Å²) in [6.07, 6.45) is -4.52. The van der Waals surface area contributed by atoms with Crippen molar-refractivity contribution in [2.24, 2.45) is 4.99 Å². The zero-order valence-electron chi connectivity index (χ0n) is 16.2. The Morgan fingerprint density at radius 3 is 2.60 bits per heavy atom. The third-order valence-electron chi connectivity index (χ3n) is 4.12. The summed E-state index contributed by atoms with van der Waals surface area (Å²) < 4.78 is 42.4. The number of carbonyl (C=O) groups excluding carboxylic acids is 2. The van der Waals surface area contributed by atoms with Crippen molar-refractivity contribution in [1.29, 1.82) is 0 Å². The number of aliphatic imine (C=N–C) groups is 1. The Hall–Kier alpha value is -3.56. The van der Waals surface area contributed by atoms with Crippen LogP contribution in [0.2, 0.25) is 0 Å². The van der Waals surface area contributed by atoms with Crippen molar-refractivity contribution in [2.75, 3.05) is 16.9 Å². The van der Waals surface area contributed by atoms with E-state index in [1.807, 2.05) is 0 Å². The van der Waals surface area contributed by atoms with Crippen LogP contribution in [0.5, 0.6) is 5.75 Å². The van der Waals surface area contributed by atoms with Crippen molar-refractivity contribution in [3.63, 3.8) is 0 Å². The first kappa shape index (κ1) is 21.2. The highest BCUT2D eigenvalue weighted by molar-refractivity contribution is 6.43. The number of amidine groups is 1. The Kier molecular flexibility index (Phi) is 5.95. The number of nitrogens with zero attached hydrogens (tertiary/aromatic N) is 2. The van der Waals surface area contributed by atoms with Crippen LogP contribution in [0.3, 0.4) is 0 Å². The number of carbonyl (C=O) groups is 2. The van der Waals surface area contributed by atoms with Gasteiger partial charge in [0.05, 0.1) is 11.4 Å². The molecule has 158 valence electrons. The van der Waals surface area contributed by atoms with Gasteiger partial charge in [0.15, 0.2) is 6.61 Å². The molecule has 0 saturated carbocycles. The van der Waals surface area contributed by atoms with E-state index in [2.05, 4.69) is 15.7 Å². The number of hydrogen-bond acceptors (Lipinski definition) is 5. The van der Waals surface area contributed by atoms with Crippen LogP contribution in [-0.4, -0.2) is 36.5 Å². The highest BCUT2D eigenvalue weighted by Gasteiger charge is 2.32. The lowest BCUT2D eigenvalue weighted by Crippen LogP contribution is -2.57. The van der Waals surface area contributed by atoms with Crippen LogP contribution >= 0.6 is 0 Å². The summed E-state index contributed by atoms with van der Waals surface area (Å²) in [5.74, 6) is -1.37. The summed E-state index contributed by atoms with van der Waals surface area (Å²) in [7, 11) is 0. The molecule has 0 saturated heterocycles. The quantitative estimate of drug-likeness (QED) is 0.778. The maximum atomic E-state index is 12.7. The van der Waals surface area contributed by atoms with Crippen LogP contribution in [0, 0.1) is 6.92 Å². The maximum Gasteiger partial charge on any atom is 0.422 e. The summed E-state index contributed by atoms with van der Waals surface area (Å²) in [5.41, 5.74) is 3.88. The topological polar surface area (TPSA) is 83.0 Å². The maximum absolute atomic E-state index is 12.7. The average molecular weight is 420 g/mol. The van der Waals surface area contributed by atoms with Gasteiger partial charge in [-0.05, 0) is 43.7 Å². The van der Waals surface area contributed by atoms with E-state index < -0.39 is 24.7 Å². The smallest absolute Gasteiger partial charge is 0.422 e. The lowest BCUT2D eigenvalue weighted by atomic mass is 10.2. The van der Waals surface area contributed by atoms with E-state index in [4.69, 9.17) is 4.74 Å². The molecule has 2 aromatic rings. The number of aryl methyl sites for hydroxylation is 1. The molecule has 0 aliphatic carbocycles. The molecule has 30 heavy (non-hydrogen) atoms. The molecule has 0 radical (unpaired) electrons. The minimum Gasteiger partial charge on any atom is -0.482 e. The van der Waals surface area contributed by atoms with Gasteiger partial charge in [0.1, 0.15) is 11.8 Å². The zero-order valence-corrected chi connectivity index (χ0v) is 16.2. The zero-order chi connectivity index (χ0) is 21.9. The van der Waals surface area contributed by atoms with Crippen molar-refractivity contribution in [2.45, 2.75) is 26.1 Å². The molecule has 0 bridgehead atoms. The fourth-order valence-electron chi connectivity index (χ4n) is 2.70. The molecule has 1 atom stereocenters. The standard InChI is InChI=1S/C20H19F3N4O3/c1-12-8-9-15(16(10-12)30-11-20(21,22)23)25-18(28)17-24-13(2)19(29)27(26-17)14-6-4-3-5-7-14/h3-10,13H,11H2,1-2H3,(H,24,26)(H,25,28). The van der Waals surface area contributed by atoms with Crippen LogP contribution in [0.15, 0.2) is 53.5 Å². The largest absolute Gasteiger partial charge is 0.482 e. The molecule has 1 aliphatic heterocycles. The number of hydrogen-bond donors (Lipinski definition) is 2. The molecule has 0 fully saturated rings. The van der Waals surface area contributed by atoms with E-state index in [0.29, 0.717) is 11.3 Å². The number of amides is 2. The Morgan fingerprint density at radius 2 is 1.93 bits per heavy atom. The number of halogens is 3. The Balaban J connectivity index is 1.80. The average Bonchev–Trinajstić information content (AvgIpc) is 2.70. The minimum atomic E-state index is -4.52. The van der Waals surface area contributed by atoms with Gasteiger partial charge in [0, 0.05) is 0 Å². The number of rotatable bonds is 5. The lowest BCUT2D eigenvalue weighted by Gasteiger charge is -2.30. The Labute approximate surface area is 170 Å². The van der Waals surface area contributed by atoms with Gasteiger partial charge in [-0.1, -0.05) is 24.3 Å². The fraction of sp³-hybridized carbons (Fsp3) is 0.250. The van der Waals surface area contributed by atoms with Gasteiger partial charge in [-0.15, -0.1) is 0 Å². The van der Waals surface area contributed by atoms with Gasteiger partial charge in [-0.25, -0.2) is 10.0 Å². The Morgan fingerprint density at radius 1 is 1.23 bits per heavy atom. The molecule has 1 aliphatic rings. The lowest BCUT2D eigenvalue weighted by molar-refractivity contribution is -0.153. The fourth-order valence-corrected chi connectivity index (χ4v) is 2.70. The second kappa shape index (κ2) is 8.44. The SMILES string of the molecule is Cc1ccc(NC(=O)C2=NC(C)C(=O)N(c3ccccc3)N2)c(OCC(F)(F)F)c1.